The number of aromatic amines is 1. The molecule has 4 rings (SSSR count). The maximum Gasteiger partial charge on any atom is 0.254 e. The molecule has 0 bridgehead atoms. The molecule has 0 saturated heterocycles. The smallest absolute Gasteiger partial charge is 0.254 e. The van der Waals surface area contributed by atoms with Crippen molar-refractivity contribution in [2.75, 3.05) is 13.1 Å². The lowest BCUT2D eigenvalue weighted by Gasteiger charge is -2.31. The minimum Gasteiger partial charge on any atom is -0.306 e. The van der Waals surface area contributed by atoms with E-state index in [1.165, 1.54) is 19.3 Å². The molecule has 124 valence electrons. The minimum atomic E-state index is 0.0269. The van der Waals surface area contributed by atoms with E-state index in [-0.39, 0.29) is 5.56 Å². The zero-order valence-electron chi connectivity index (χ0n) is 13.9. The first-order valence-corrected chi connectivity index (χ1v) is 8.84. The predicted octanol–water partition coefficient (Wildman–Crippen LogP) is 3.15. The van der Waals surface area contributed by atoms with E-state index < -0.39 is 0 Å². The summed E-state index contributed by atoms with van der Waals surface area (Å²) in [4.78, 5) is 22.6. The van der Waals surface area contributed by atoms with Gasteiger partial charge in [-0.1, -0.05) is 42.5 Å². The molecule has 1 aromatic carbocycles. The van der Waals surface area contributed by atoms with Gasteiger partial charge in [0.2, 0.25) is 0 Å². The molecule has 1 atom stereocenters. The quantitative estimate of drug-likeness (QED) is 0.884. The van der Waals surface area contributed by atoms with Crippen LogP contribution in [0.4, 0.5) is 0 Å². The van der Waals surface area contributed by atoms with Crippen molar-refractivity contribution in [3.63, 3.8) is 0 Å². The second kappa shape index (κ2) is 6.73. The van der Waals surface area contributed by atoms with Crippen LogP contribution < -0.4 is 5.56 Å². The lowest BCUT2D eigenvalue weighted by molar-refractivity contribution is 0.203. The molecule has 0 saturated carbocycles. The van der Waals surface area contributed by atoms with E-state index in [4.69, 9.17) is 4.98 Å². The van der Waals surface area contributed by atoms with E-state index in [1.54, 1.807) is 0 Å². The lowest BCUT2D eigenvalue weighted by Crippen LogP contribution is -2.38. The Morgan fingerprint density at radius 2 is 2.08 bits per heavy atom. The third kappa shape index (κ3) is 3.20. The van der Waals surface area contributed by atoms with Gasteiger partial charge >= 0.3 is 0 Å². The number of nitrogens with zero attached hydrogens (tertiary/aromatic N) is 2. The summed E-state index contributed by atoms with van der Waals surface area (Å²) in [6.07, 6.45) is 9.05. The van der Waals surface area contributed by atoms with Crippen molar-refractivity contribution in [1.82, 2.24) is 14.9 Å². The van der Waals surface area contributed by atoms with Gasteiger partial charge < -0.3 is 4.98 Å². The van der Waals surface area contributed by atoms with E-state index in [1.807, 2.05) is 30.3 Å². The van der Waals surface area contributed by atoms with Crippen molar-refractivity contribution in [2.24, 2.45) is 5.92 Å². The molecule has 1 aromatic heterocycles. The summed E-state index contributed by atoms with van der Waals surface area (Å²) in [5.41, 5.74) is 2.82. The normalized spacial score (nSPS) is 20.8. The van der Waals surface area contributed by atoms with E-state index in [9.17, 15) is 4.79 Å². The van der Waals surface area contributed by atoms with Gasteiger partial charge in [0.15, 0.2) is 0 Å². The number of hydrogen-bond donors (Lipinski definition) is 1. The highest BCUT2D eigenvalue weighted by molar-refractivity contribution is 5.54. The zero-order valence-corrected chi connectivity index (χ0v) is 13.9. The summed E-state index contributed by atoms with van der Waals surface area (Å²) in [5.74, 6) is 1.42. The first kappa shape index (κ1) is 15.3. The fourth-order valence-corrected chi connectivity index (χ4v) is 3.77. The highest BCUT2D eigenvalue weighted by Gasteiger charge is 2.23. The molecule has 0 fully saturated rings. The number of hydrogen-bond acceptors (Lipinski definition) is 3. The summed E-state index contributed by atoms with van der Waals surface area (Å²) in [6, 6.07) is 9.88. The molecule has 2 aliphatic rings. The minimum absolute atomic E-state index is 0.0269. The molecule has 2 heterocycles. The first-order valence-electron chi connectivity index (χ1n) is 8.84. The summed E-state index contributed by atoms with van der Waals surface area (Å²) < 4.78 is 0. The summed E-state index contributed by atoms with van der Waals surface area (Å²) in [6.45, 7) is 2.86. The van der Waals surface area contributed by atoms with Crippen molar-refractivity contribution in [2.45, 2.75) is 32.2 Å². The molecule has 4 heteroatoms. The predicted molar refractivity (Wildman–Crippen MR) is 95.8 cm³/mol. The Kier molecular flexibility index (Phi) is 4.30. The van der Waals surface area contributed by atoms with Crippen LogP contribution in [-0.2, 0) is 13.0 Å². The van der Waals surface area contributed by atoms with E-state index in [2.05, 4.69) is 22.0 Å². The van der Waals surface area contributed by atoms with Crippen molar-refractivity contribution in [1.29, 1.82) is 0 Å². The average molecular weight is 321 g/mol. The van der Waals surface area contributed by atoms with Gasteiger partial charge in [0, 0.05) is 30.8 Å². The van der Waals surface area contributed by atoms with Crippen LogP contribution in [0.1, 0.15) is 30.5 Å². The summed E-state index contributed by atoms with van der Waals surface area (Å²) in [5, 5.41) is 0. The number of nitrogens with one attached hydrogen (secondary N) is 1. The molecule has 1 unspecified atom stereocenters. The highest BCUT2D eigenvalue weighted by atomic mass is 16.1. The Labute approximate surface area is 142 Å². The zero-order chi connectivity index (χ0) is 16.4. The van der Waals surface area contributed by atoms with E-state index in [0.29, 0.717) is 5.82 Å². The Bertz CT molecular complexity index is 794. The third-order valence-electron chi connectivity index (χ3n) is 5.09. The molecule has 4 nitrogen and oxygen atoms in total. The van der Waals surface area contributed by atoms with Crippen LogP contribution >= 0.6 is 0 Å². The van der Waals surface area contributed by atoms with Crippen molar-refractivity contribution < 1.29 is 0 Å². The Balaban J connectivity index is 1.57. The number of fused-ring (bicyclic) bond motifs is 1. The maximum absolute atomic E-state index is 12.4. The molecule has 0 radical (unpaired) electrons. The maximum atomic E-state index is 12.4. The highest BCUT2D eigenvalue weighted by Crippen LogP contribution is 2.23. The van der Waals surface area contributed by atoms with Crippen molar-refractivity contribution >= 4 is 0 Å². The first-order chi connectivity index (χ1) is 11.8. The fourth-order valence-electron chi connectivity index (χ4n) is 3.77. The molecule has 0 amide bonds. The van der Waals surface area contributed by atoms with Gasteiger partial charge in [0.05, 0.1) is 5.69 Å². The Hall–Kier alpha value is -2.20. The fraction of sp³-hybridized carbons (Fsp3) is 0.400. The molecule has 1 aliphatic heterocycles. The molecular weight excluding hydrogens is 298 g/mol. The molecule has 2 aromatic rings. The van der Waals surface area contributed by atoms with Gasteiger partial charge in [-0.25, -0.2) is 4.98 Å². The van der Waals surface area contributed by atoms with Crippen molar-refractivity contribution in [3.05, 3.63) is 64.1 Å². The molecule has 1 aliphatic carbocycles. The summed E-state index contributed by atoms with van der Waals surface area (Å²) in [7, 11) is 0. The molecule has 24 heavy (non-hydrogen) atoms. The van der Waals surface area contributed by atoms with Crippen molar-refractivity contribution in [3.8, 4) is 11.4 Å². The number of rotatable bonds is 3. The van der Waals surface area contributed by atoms with Crippen LogP contribution in [-0.4, -0.2) is 28.0 Å². The van der Waals surface area contributed by atoms with Crippen LogP contribution in [0.2, 0.25) is 0 Å². The van der Waals surface area contributed by atoms with Gasteiger partial charge in [-0.2, -0.15) is 0 Å². The molecule has 0 spiro atoms. The Morgan fingerprint density at radius 1 is 1.21 bits per heavy atom. The van der Waals surface area contributed by atoms with Gasteiger partial charge in [-0.3, -0.25) is 9.69 Å². The molecule has 1 N–H and O–H groups in total. The second-order valence-corrected chi connectivity index (χ2v) is 6.84. The SMILES string of the molecule is O=c1[nH]c(-c2ccccc2)nc2c1CCN(CC1CC=CCC1)C2. The van der Waals surface area contributed by atoms with Gasteiger partial charge in [0.1, 0.15) is 5.82 Å². The number of benzene rings is 1. The topological polar surface area (TPSA) is 49.0 Å². The van der Waals surface area contributed by atoms with Crippen LogP contribution in [0.3, 0.4) is 0 Å². The Morgan fingerprint density at radius 3 is 2.88 bits per heavy atom. The monoisotopic (exact) mass is 321 g/mol. The van der Waals surface area contributed by atoms with Crippen LogP contribution in [0.5, 0.6) is 0 Å². The third-order valence-corrected chi connectivity index (χ3v) is 5.09. The van der Waals surface area contributed by atoms with Crippen LogP contribution in [0, 0.1) is 5.92 Å². The average Bonchev–Trinajstić information content (AvgIpc) is 2.63. The van der Waals surface area contributed by atoms with E-state index >= 15 is 0 Å². The van der Waals surface area contributed by atoms with Gasteiger partial charge in [-0.15, -0.1) is 0 Å². The van der Waals surface area contributed by atoms with Crippen LogP contribution in [0.25, 0.3) is 11.4 Å². The second-order valence-electron chi connectivity index (χ2n) is 6.84. The molecular formula is C20H23N3O. The number of allylic oxidation sites excluding steroid dienone is 2. The summed E-state index contributed by atoms with van der Waals surface area (Å²) >= 11 is 0. The largest absolute Gasteiger partial charge is 0.306 e. The van der Waals surface area contributed by atoms with Gasteiger partial charge in [-0.05, 0) is 31.6 Å². The van der Waals surface area contributed by atoms with Crippen LogP contribution in [0.15, 0.2) is 47.3 Å². The number of aromatic nitrogens is 2. The van der Waals surface area contributed by atoms with Gasteiger partial charge in [0.25, 0.3) is 5.56 Å². The number of H-pyrrole nitrogens is 1. The standard InChI is InChI=1S/C20H23N3O/c24-20-17-11-12-23(13-15-7-3-1-4-8-15)14-18(17)21-19(22-20)16-9-5-2-6-10-16/h1-3,5-6,9-10,15H,4,7-8,11-14H2,(H,21,22,24). The van der Waals surface area contributed by atoms with E-state index in [0.717, 1.165) is 48.8 Å². The lowest BCUT2D eigenvalue weighted by atomic mass is 9.93.